The molecule has 0 saturated carbocycles. The first-order chi connectivity index (χ1) is 14.9. The highest BCUT2D eigenvalue weighted by Crippen LogP contribution is 2.10. The lowest BCUT2D eigenvalue weighted by Crippen LogP contribution is -2.18. The van der Waals surface area contributed by atoms with Crippen molar-refractivity contribution in [1.82, 2.24) is 35.5 Å². The van der Waals surface area contributed by atoms with E-state index in [0.29, 0.717) is 23.6 Å². The van der Waals surface area contributed by atoms with Crippen LogP contribution in [0.1, 0.15) is 33.9 Å². The van der Waals surface area contributed by atoms with E-state index in [-0.39, 0.29) is 36.9 Å². The zero-order chi connectivity index (χ0) is 22.2. The summed E-state index contributed by atoms with van der Waals surface area (Å²) in [4.78, 5) is 27.7. The number of carbonyl (C=O) groups excluding carboxylic acids is 2. The van der Waals surface area contributed by atoms with Crippen LogP contribution in [0.4, 0.5) is 10.2 Å². The molecule has 2 N–H and O–H groups in total. The van der Waals surface area contributed by atoms with E-state index in [1.54, 1.807) is 18.3 Å². The molecule has 162 valence electrons. The van der Waals surface area contributed by atoms with Crippen LogP contribution in [0.5, 0.6) is 0 Å². The number of hydrogen-bond donors (Lipinski definition) is 2. The molecule has 3 aromatic rings. The van der Waals surface area contributed by atoms with Crippen molar-refractivity contribution < 1.29 is 14.0 Å². The topological polar surface area (TPSA) is 128 Å². The Labute approximate surface area is 178 Å². The van der Waals surface area contributed by atoms with Gasteiger partial charge in [0.1, 0.15) is 6.17 Å². The number of aryl methyl sites for hydroxylation is 2. The van der Waals surface area contributed by atoms with E-state index in [1.807, 2.05) is 19.1 Å². The molecule has 0 aromatic carbocycles. The van der Waals surface area contributed by atoms with Gasteiger partial charge in [0, 0.05) is 18.9 Å². The quantitative estimate of drug-likeness (QED) is 0.528. The highest BCUT2D eigenvalue weighted by atomic mass is 19.1. The summed E-state index contributed by atoms with van der Waals surface area (Å²) in [6.07, 6.45) is 2.57. The minimum atomic E-state index is -1.19. The van der Waals surface area contributed by atoms with Gasteiger partial charge in [-0.3, -0.25) is 14.6 Å². The minimum Gasteiger partial charge on any atom is -0.354 e. The zero-order valence-corrected chi connectivity index (χ0v) is 17.2. The molecular weight excluding hydrogens is 403 g/mol. The van der Waals surface area contributed by atoms with Crippen molar-refractivity contribution in [2.75, 3.05) is 12.4 Å². The van der Waals surface area contributed by atoms with Crippen molar-refractivity contribution in [3.63, 3.8) is 0 Å². The molecule has 0 aliphatic rings. The molecule has 0 aliphatic carbocycles. The van der Waals surface area contributed by atoms with E-state index < -0.39 is 6.17 Å². The number of carbonyl (C=O) groups is 2. The highest BCUT2D eigenvalue weighted by molar-refractivity contribution is 5.91. The van der Waals surface area contributed by atoms with Crippen LogP contribution in [0, 0.1) is 6.92 Å². The van der Waals surface area contributed by atoms with E-state index in [4.69, 9.17) is 0 Å². The molecule has 3 heterocycles. The second-order valence-electron chi connectivity index (χ2n) is 7.00. The number of hydrogen-bond acceptors (Lipinski definition) is 7. The van der Waals surface area contributed by atoms with E-state index in [9.17, 15) is 14.0 Å². The lowest BCUT2D eigenvalue weighted by Gasteiger charge is -2.08. The van der Waals surface area contributed by atoms with Gasteiger partial charge < -0.3 is 10.6 Å². The fraction of sp³-hybridized carbons (Fsp3) is 0.350. The fourth-order valence-corrected chi connectivity index (χ4v) is 2.83. The van der Waals surface area contributed by atoms with Gasteiger partial charge in [0.2, 0.25) is 5.91 Å². The van der Waals surface area contributed by atoms with Crippen molar-refractivity contribution in [3.8, 4) is 0 Å². The summed E-state index contributed by atoms with van der Waals surface area (Å²) in [5.41, 5.74) is 2.44. The summed E-state index contributed by atoms with van der Waals surface area (Å²) in [5.74, 6) is -0.297. The number of rotatable bonds is 9. The predicted molar refractivity (Wildman–Crippen MR) is 110 cm³/mol. The molecule has 3 aromatic heterocycles. The summed E-state index contributed by atoms with van der Waals surface area (Å²) >= 11 is 0. The number of aromatic nitrogens is 6. The molecule has 0 fully saturated rings. The van der Waals surface area contributed by atoms with Gasteiger partial charge in [0.15, 0.2) is 11.5 Å². The molecule has 0 saturated heterocycles. The maximum Gasteiger partial charge on any atom is 0.273 e. The Hall–Kier alpha value is -3.76. The lowest BCUT2D eigenvalue weighted by atomic mass is 10.1. The predicted octanol–water partition coefficient (Wildman–Crippen LogP) is 1.28. The SMILES string of the molecule is CNC(=O)c1cn(C[C@H](F)CCc2ccc(NC(=O)Cc3cc(C)ccn3)nn2)nn1. The molecule has 0 aliphatic heterocycles. The number of nitrogens with one attached hydrogen (secondary N) is 2. The molecule has 31 heavy (non-hydrogen) atoms. The van der Waals surface area contributed by atoms with Crippen LogP contribution in [-0.2, 0) is 24.2 Å². The number of alkyl halides is 1. The fourth-order valence-electron chi connectivity index (χ4n) is 2.83. The van der Waals surface area contributed by atoms with Crippen LogP contribution >= 0.6 is 0 Å². The summed E-state index contributed by atoms with van der Waals surface area (Å²) in [5, 5.41) is 20.6. The van der Waals surface area contributed by atoms with Gasteiger partial charge in [0.05, 0.1) is 24.9 Å². The van der Waals surface area contributed by atoms with Crippen LogP contribution in [0.15, 0.2) is 36.7 Å². The second kappa shape index (κ2) is 10.3. The third-order valence-corrected chi connectivity index (χ3v) is 4.40. The van der Waals surface area contributed by atoms with Crippen LogP contribution < -0.4 is 10.6 Å². The van der Waals surface area contributed by atoms with Gasteiger partial charge in [-0.05, 0) is 49.6 Å². The molecule has 3 rings (SSSR count). The molecule has 1 atom stereocenters. The summed E-state index contributed by atoms with van der Waals surface area (Å²) in [7, 11) is 1.48. The summed E-state index contributed by atoms with van der Waals surface area (Å²) < 4.78 is 15.5. The Morgan fingerprint density at radius 2 is 2.00 bits per heavy atom. The third-order valence-electron chi connectivity index (χ3n) is 4.40. The van der Waals surface area contributed by atoms with Crippen molar-refractivity contribution in [3.05, 3.63) is 59.3 Å². The van der Waals surface area contributed by atoms with E-state index >= 15 is 0 Å². The third kappa shape index (κ3) is 6.63. The number of pyridine rings is 1. The van der Waals surface area contributed by atoms with Crippen molar-refractivity contribution in [2.24, 2.45) is 0 Å². The normalized spacial score (nSPS) is 11.7. The van der Waals surface area contributed by atoms with Crippen molar-refractivity contribution >= 4 is 17.6 Å². The van der Waals surface area contributed by atoms with Crippen LogP contribution in [0.25, 0.3) is 0 Å². The smallest absolute Gasteiger partial charge is 0.273 e. The lowest BCUT2D eigenvalue weighted by molar-refractivity contribution is -0.115. The first kappa shape index (κ1) is 21.9. The van der Waals surface area contributed by atoms with Gasteiger partial charge in [-0.25, -0.2) is 9.07 Å². The molecule has 10 nitrogen and oxygen atoms in total. The Balaban J connectivity index is 1.45. The molecule has 0 spiro atoms. The number of amides is 2. The van der Waals surface area contributed by atoms with Gasteiger partial charge in [-0.1, -0.05) is 5.21 Å². The van der Waals surface area contributed by atoms with Crippen molar-refractivity contribution in [2.45, 2.75) is 38.9 Å². The monoisotopic (exact) mass is 426 g/mol. The minimum absolute atomic E-state index is 0.0153. The van der Waals surface area contributed by atoms with Crippen LogP contribution in [0.3, 0.4) is 0 Å². The maximum atomic E-state index is 14.3. The standard InChI is InChI=1S/C20H23FN8O2/c1-13-7-8-23-16(9-13)10-19(30)24-18-6-5-15(25-27-18)4-3-14(21)11-29-12-17(26-28-29)20(31)22-2/h5-9,12,14H,3-4,10-11H2,1-2H3,(H,22,31)(H,24,27,30)/t14-/m1/s1. The molecule has 11 heteroatoms. The van der Waals surface area contributed by atoms with Gasteiger partial charge in [-0.2, -0.15) is 5.10 Å². The number of halogens is 1. The maximum absolute atomic E-state index is 14.3. The highest BCUT2D eigenvalue weighted by Gasteiger charge is 2.13. The first-order valence-corrected chi connectivity index (χ1v) is 9.73. The Morgan fingerprint density at radius 3 is 2.71 bits per heavy atom. The van der Waals surface area contributed by atoms with E-state index in [1.165, 1.54) is 17.9 Å². The zero-order valence-electron chi connectivity index (χ0n) is 17.2. The van der Waals surface area contributed by atoms with Gasteiger partial charge >= 0.3 is 0 Å². The average Bonchev–Trinajstić information content (AvgIpc) is 3.21. The molecule has 0 bridgehead atoms. The first-order valence-electron chi connectivity index (χ1n) is 9.73. The summed E-state index contributed by atoms with van der Waals surface area (Å²) in [6, 6.07) is 7.03. The van der Waals surface area contributed by atoms with Gasteiger partial charge in [0.25, 0.3) is 5.91 Å². The Morgan fingerprint density at radius 1 is 1.16 bits per heavy atom. The molecule has 0 radical (unpaired) electrons. The van der Waals surface area contributed by atoms with E-state index in [0.717, 1.165) is 5.56 Å². The van der Waals surface area contributed by atoms with Crippen LogP contribution in [-0.4, -0.2) is 55.2 Å². The van der Waals surface area contributed by atoms with E-state index in [2.05, 4.69) is 36.1 Å². The summed E-state index contributed by atoms with van der Waals surface area (Å²) in [6.45, 7) is 1.92. The Kier molecular flexibility index (Phi) is 7.31. The largest absolute Gasteiger partial charge is 0.354 e. The van der Waals surface area contributed by atoms with Crippen LogP contribution in [0.2, 0.25) is 0 Å². The second-order valence-corrected chi connectivity index (χ2v) is 7.00. The Bertz CT molecular complexity index is 1040. The number of nitrogens with zero attached hydrogens (tertiary/aromatic N) is 6. The molecular formula is C20H23FN8O2. The molecule has 2 amide bonds. The molecule has 0 unspecified atom stereocenters. The van der Waals surface area contributed by atoms with Crippen molar-refractivity contribution in [1.29, 1.82) is 0 Å². The average molecular weight is 426 g/mol. The van der Waals surface area contributed by atoms with Gasteiger partial charge in [-0.15, -0.1) is 10.2 Å². The number of anilines is 1.